The summed E-state index contributed by atoms with van der Waals surface area (Å²) in [6.45, 7) is 3.60. The summed E-state index contributed by atoms with van der Waals surface area (Å²) in [4.78, 5) is 35.5. The molecule has 0 unspecified atom stereocenters. The molecule has 1 fully saturated rings. The van der Waals surface area contributed by atoms with Gasteiger partial charge in [0, 0.05) is 17.3 Å². The van der Waals surface area contributed by atoms with E-state index in [-0.39, 0.29) is 17.7 Å². The minimum absolute atomic E-state index is 0.100. The molecule has 0 radical (unpaired) electrons. The van der Waals surface area contributed by atoms with E-state index in [1.165, 1.54) is 0 Å². The molecule has 0 heterocycles. The molecular weight excluding hydrogens is 308 g/mol. The minimum atomic E-state index is -0.909. The Kier molecular flexibility index (Phi) is 5.95. The van der Waals surface area contributed by atoms with Crippen molar-refractivity contribution in [3.05, 3.63) is 24.3 Å². The van der Waals surface area contributed by atoms with Gasteiger partial charge in [0.05, 0.1) is 11.8 Å². The zero-order chi connectivity index (χ0) is 17.7. The van der Waals surface area contributed by atoms with E-state index < -0.39 is 17.8 Å². The lowest BCUT2D eigenvalue weighted by Crippen LogP contribution is -2.36. The minimum Gasteiger partial charge on any atom is -0.481 e. The predicted octanol–water partition coefficient (Wildman–Crippen LogP) is 3.11. The molecule has 1 aliphatic rings. The lowest BCUT2D eigenvalue weighted by atomic mass is 9.78. The summed E-state index contributed by atoms with van der Waals surface area (Å²) in [7, 11) is 0. The van der Waals surface area contributed by atoms with Crippen LogP contribution in [0.2, 0.25) is 0 Å². The van der Waals surface area contributed by atoms with Crippen LogP contribution in [0.4, 0.5) is 11.4 Å². The van der Waals surface area contributed by atoms with Crippen LogP contribution in [0.3, 0.4) is 0 Å². The van der Waals surface area contributed by atoms with Crippen molar-refractivity contribution in [3.63, 3.8) is 0 Å². The van der Waals surface area contributed by atoms with Crippen LogP contribution in [0.5, 0.6) is 0 Å². The third kappa shape index (κ3) is 4.57. The van der Waals surface area contributed by atoms with E-state index in [1.807, 2.05) is 0 Å². The molecule has 0 spiro atoms. The lowest BCUT2D eigenvalue weighted by Gasteiger charge is -2.27. The number of benzene rings is 1. The van der Waals surface area contributed by atoms with Crippen LogP contribution in [-0.4, -0.2) is 22.9 Å². The zero-order valence-electron chi connectivity index (χ0n) is 14.0. The summed E-state index contributed by atoms with van der Waals surface area (Å²) in [6, 6.07) is 6.88. The van der Waals surface area contributed by atoms with Gasteiger partial charge < -0.3 is 15.7 Å². The molecule has 130 valence electrons. The highest BCUT2D eigenvalue weighted by atomic mass is 16.4. The van der Waals surface area contributed by atoms with Crippen LogP contribution in [0.1, 0.15) is 39.5 Å². The van der Waals surface area contributed by atoms with Gasteiger partial charge in [0.1, 0.15) is 0 Å². The molecule has 1 aromatic rings. The maximum atomic E-state index is 12.5. The Balaban J connectivity index is 2.05. The van der Waals surface area contributed by atoms with Crippen LogP contribution in [-0.2, 0) is 14.4 Å². The van der Waals surface area contributed by atoms with E-state index in [0.29, 0.717) is 24.2 Å². The summed E-state index contributed by atoms with van der Waals surface area (Å²) >= 11 is 0. The van der Waals surface area contributed by atoms with Crippen molar-refractivity contribution in [2.45, 2.75) is 39.5 Å². The van der Waals surface area contributed by atoms with Crippen LogP contribution in [0.25, 0.3) is 0 Å². The van der Waals surface area contributed by atoms with E-state index >= 15 is 0 Å². The van der Waals surface area contributed by atoms with Crippen LogP contribution in [0.15, 0.2) is 24.3 Å². The fourth-order valence-corrected chi connectivity index (χ4v) is 2.94. The fraction of sp³-hybridized carbons (Fsp3) is 0.500. The highest BCUT2D eigenvalue weighted by Gasteiger charge is 2.35. The first-order chi connectivity index (χ1) is 11.4. The molecule has 0 bridgehead atoms. The Hall–Kier alpha value is -2.37. The summed E-state index contributed by atoms with van der Waals surface area (Å²) in [5.41, 5.74) is 1.15. The largest absolute Gasteiger partial charge is 0.481 e. The van der Waals surface area contributed by atoms with E-state index in [0.717, 1.165) is 12.8 Å². The molecule has 1 saturated carbocycles. The standard InChI is InChI=1S/C18H24N2O4/c1-11(2)16(21)19-12-6-5-7-13(10-12)20-17(22)14-8-3-4-9-15(14)18(23)24/h5-7,10-11,14-15H,3-4,8-9H2,1-2H3,(H,19,21)(H,20,22)(H,23,24)/t14-,15+/m0/s1. The van der Waals surface area contributed by atoms with Gasteiger partial charge in [0.25, 0.3) is 0 Å². The monoisotopic (exact) mass is 332 g/mol. The molecule has 0 aliphatic heterocycles. The molecule has 2 atom stereocenters. The summed E-state index contributed by atoms with van der Waals surface area (Å²) < 4.78 is 0. The number of anilines is 2. The number of rotatable bonds is 5. The summed E-state index contributed by atoms with van der Waals surface area (Å²) in [5, 5.41) is 14.9. The van der Waals surface area contributed by atoms with Crippen molar-refractivity contribution in [2.75, 3.05) is 10.6 Å². The topological polar surface area (TPSA) is 95.5 Å². The van der Waals surface area contributed by atoms with Crippen molar-refractivity contribution in [1.29, 1.82) is 0 Å². The number of nitrogens with one attached hydrogen (secondary N) is 2. The normalized spacial score (nSPS) is 20.5. The number of carbonyl (C=O) groups is 3. The van der Waals surface area contributed by atoms with Gasteiger partial charge in [-0.2, -0.15) is 0 Å². The van der Waals surface area contributed by atoms with Crippen molar-refractivity contribution in [1.82, 2.24) is 0 Å². The van der Waals surface area contributed by atoms with Gasteiger partial charge in [-0.25, -0.2) is 0 Å². The maximum Gasteiger partial charge on any atom is 0.307 e. The Labute approximate surface area is 141 Å². The van der Waals surface area contributed by atoms with E-state index in [1.54, 1.807) is 38.1 Å². The third-order valence-electron chi connectivity index (χ3n) is 4.34. The smallest absolute Gasteiger partial charge is 0.307 e. The second-order valence-corrected chi connectivity index (χ2v) is 6.55. The van der Waals surface area contributed by atoms with Crippen molar-refractivity contribution >= 4 is 29.2 Å². The highest BCUT2D eigenvalue weighted by molar-refractivity contribution is 5.97. The average Bonchev–Trinajstić information content (AvgIpc) is 2.55. The molecule has 1 aromatic carbocycles. The molecule has 1 aliphatic carbocycles. The van der Waals surface area contributed by atoms with Gasteiger partial charge in [-0.1, -0.05) is 32.8 Å². The maximum absolute atomic E-state index is 12.5. The zero-order valence-corrected chi connectivity index (χ0v) is 14.0. The van der Waals surface area contributed by atoms with Gasteiger partial charge in [-0.05, 0) is 31.0 Å². The molecule has 24 heavy (non-hydrogen) atoms. The molecule has 6 nitrogen and oxygen atoms in total. The molecular formula is C18H24N2O4. The van der Waals surface area contributed by atoms with Gasteiger partial charge in [0.2, 0.25) is 11.8 Å². The number of carboxylic acids is 1. The van der Waals surface area contributed by atoms with Gasteiger partial charge in [-0.15, -0.1) is 0 Å². The first kappa shape index (κ1) is 18.0. The average molecular weight is 332 g/mol. The number of aliphatic carboxylic acids is 1. The van der Waals surface area contributed by atoms with Crippen LogP contribution < -0.4 is 10.6 Å². The van der Waals surface area contributed by atoms with Crippen molar-refractivity contribution in [3.8, 4) is 0 Å². The second-order valence-electron chi connectivity index (χ2n) is 6.55. The number of hydrogen-bond acceptors (Lipinski definition) is 3. The number of carboxylic acid groups (broad SMARTS) is 1. The highest BCUT2D eigenvalue weighted by Crippen LogP contribution is 2.31. The van der Waals surface area contributed by atoms with Crippen LogP contribution in [0, 0.1) is 17.8 Å². The third-order valence-corrected chi connectivity index (χ3v) is 4.34. The molecule has 0 aromatic heterocycles. The SMILES string of the molecule is CC(C)C(=O)Nc1cccc(NC(=O)[C@H]2CCCC[C@H]2C(=O)O)c1. The van der Waals surface area contributed by atoms with E-state index in [4.69, 9.17) is 0 Å². The lowest BCUT2D eigenvalue weighted by molar-refractivity contribution is -0.147. The number of hydrogen-bond donors (Lipinski definition) is 3. The first-order valence-electron chi connectivity index (χ1n) is 8.33. The fourth-order valence-electron chi connectivity index (χ4n) is 2.94. The Morgan fingerprint density at radius 3 is 2.21 bits per heavy atom. The van der Waals surface area contributed by atoms with Crippen molar-refractivity contribution in [2.24, 2.45) is 17.8 Å². The van der Waals surface area contributed by atoms with Crippen molar-refractivity contribution < 1.29 is 19.5 Å². The van der Waals surface area contributed by atoms with Gasteiger partial charge in [-0.3, -0.25) is 14.4 Å². The van der Waals surface area contributed by atoms with Crippen LogP contribution >= 0.6 is 0 Å². The number of amides is 2. The molecule has 3 N–H and O–H groups in total. The first-order valence-corrected chi connectivity index (χ1v) is 8.33. The number of carbonyl (C=O) groups excluding carboxylic acids is 2. The summed E-state index contributed by atoms with van der Waals surface area (Å²) in [5.74, 6) is -2.55. The molecule has 2 rings (SSSR count). The Bertz CT molecular complexity index is 627. The van der Waals surface area contributed by atoms with E-state index in [2.05, 4.69) is 10.6 Å². The molecule has 0 saturated heterocycles. The molecule has 2 amide bonds. The van der Waals surface area contributed by atoms with E-state index in [9.17, 15) is 19.5 Å². The van der Waals surface area contributed by atoms with Gasteiger partial charge in [0.15, 0.2) is 0 Å². The second kappa shape index (κ2) is 7.95. The summed E-state index contributed by atoms with van der Waals surface area (Å²) in [6.07, 6.45) is 2.84. The van der Waals surface area contributed by atoms with Gasteiger partial charge >= 0.3 is 5.97 Å². The Morgan fingerprint density at radius 1 is 1.04 bits per heavy atom. The quantitative estimate of drug-likeness (QED) is 0.772. The molecule has 6 heteroatoms. The Morgan fingerprint density at radius 2 is 1.62 bits per heavy atom. The predicted molar refractivity (Wildman–Crippen MR) is 91.6 cm³/mol.